The summed E-state index contributed by atoms with van der Waals surface area (Å²) in [5.74, 6) is 0. The van der Waals surface area contributed by atoms with Gasteiger partial charge in [-0.3, -0.25) is 0 Å². The standard InChI is InChI=1S/C20H15Cl2NS/c21-14-5-6-16-13(10-14)4-7-19-18(11-20(22)24-19)17(16)9-12-2-1-3-15(23)8-12/h1-3,5-6,8-11H,4,7,23H2/b17-9+. The molecule has 24 heavy (non-hydrogen) atoms. The van der Waals surface area contributed by atoms with Crippen molar-refractivity contribution in [1.82, 2.24) is 0 Å². The van der Waals surface area contributed by atoms with E-state index in [-0.39, 0.29) is 0 Å². The van der Waals surface area contributed by atoms with Crippen LogP contribution in [0.1, 0.15) is 27.1 Å². The molecule has 0 unspecified atom stereocenters. The maximum absolute atomic E-state index is 6.30. The van der Waals surface area contributed by atoms with E-state index >= 15 is 0 Å². The number of nitrogens with two attached hydrogens (primary N) is 1. The van der Waals surface area contributed by atoms with Gasteiger partial charge in [-0.2, -0.15) is 0 Å². The second-order valence-electron chi connectivity index (χ2n) is 5.92. The number of hydrogen-bond donors (Lipinski definition) is 1. The van der Waals surface area contributed by atoms with Gasteiger partial charge in [-0.1, -0.05) is 41.4 Å². The zero-order valence-electron chi connectivity index (χ0n) is 12.9. The average Bonchev–Trinajstić information content (AvgIpc) is 2.86. The number of thiophene rings is 1. The largest absolute Gasteiger partial charge is 0.399 e. The molecule has 1 aliphatic carbocycles. The Balaban J connectivity index is 1.96. The Kier molecular flexibility index (Phi) is 4.13. The molecule has 0 atom stereocenters. The second-order valence-corrected chi connectivity index (χ2v) is 8.12. The summed E-state index contributed by atoms with van der Waals surface area (Å²) in [6.45, 7) is 0. The predicted molar refractivity (Wildman–Crippen MR) is 106 cm³/mol. The SMILES string of the molecule is Nc1cccc(/C=C2\c3ccc(Cl)cc3CCc3sc(Cl)cc32)c1. The molecule has 120 valence electrons. The van der Waals surface area contributed by atoms with Crippen LogP contribution in [0.3, 0.4) is 0 Å². The number of aryl methyl sites for hydroxylation is 2. The predicted octanol–water partition coefficient (Wildman–Crippen LogP) is 6.32. The minimum Gasteiger partial charge on any atom is -0.399 e. The molecule has 1 aromatic heterocycles. The van der Waals surface area contributed by atoms with Gasteiger partial charge in [0.15, 0.2) is 0 Å². The molecule has 0 bridgehead atoms. The van der Waals surface area contributed by atoms with Crippen LogP contribution in [0.5, 0.6) is 0 Å². The topological polar surface area (TPSA) is 26.0 Å². The molecule has 0 radical (unpaired) electrons. The maximum atomic E-state index is 6.30. The van der Waals surface area contributed by atoms with E-state index in [9.17, 15) is 0 Å². The van der Waals surface area contributed by atoms with Gasteiger partial charge >= 0.3 is 0 Å². The molecule has 2 N–H and O–H groups in total. The van der Waals surface area contributed by atoms with Gasteiger partial charge in [0.05, 0.1) is 4.34 Å². The highest BCUT2D eigenvalue weighted by Crippen LogP contribution is 2.41. The minimum absolute atomic E-state index is 0.762. The monoisotopic (exact) mass is 371 g/mol. The summed E-state index contributed by atoms with van der Waals surface area (Å²) in [5, 5.41) is 0.778. The van der Waals surface area contributed by atoms with Crippen molar-refractivity contribution < 1.29 is 0 Å². The molecule has 0 saturated heterocycles. The van der Waals surface area contributed by atoms with Gasteiger partial charge in [0.1, 0.15) is 0 Å². The smallest absolute Gasteiger partial charge is 0.0937 e. The van der Waals surface area contributed by atoms with E-state index in [1.807, 2.05) is 24.3 Å². The lowest BCUT2D eigenvalue weighted by Gasteiger charge is -2.11. The number of fused-ring (bicyclic) bond motifs is 2. The number of rotatable bonds is 1. The van der Waals surface area contributed by atoms with E-state index < -0.39 is 0 Å². The van der Waals surface area contributed by atoms with Crippen molar-refractivity contribution in [1.29, 1.82) is 0 Å². The molecule has 4 heteroatoms. The highest BCUT2D eigenvalue weighted by molar-refractivity contribution is 7.16. The molecule has 0 amide bonds. The first-order chi connectivity index (χ1) is 11.6. The Morgan fingerprint density at radius 2 is 1.83 bits per heavy atom. The number of halogens is 2. The van der Waals surface area contributed by atoms with Crippen molar-refractivity contribution in [2.24, 2.45) is 0 Å². The average molecular weight is 372 g/mol. The Morgan fingerprint density at radius 3 is 2.67 bits per heavy atom. The van der Waals surface area contributed by atoms with Gasteiger partial charge in [0, 0.05) is 15.6 Å². The van der Waals surface area contributed by atoms with Crippen LogP contribution >= 0.6 is 34.5 Å². The lowest BCUT2D eigenvalue weighted by atomic mass is 9.94. The maximum Gasteiger partial charge on any atom is 0.0937 e. The fourth-order valence-corrected chi connectivity index (χ4v) is 4.68. The van der Waals surface area contributed by atoms with Crippen molar-refractivity contribution in [2.75, 3.05) is 5.73 Å². The van der Waals surface area contributed by atoms with E-state index in [0.717, 1.165) is 33.5 Å². The van der Waals surface area contributed by atoms with Gasteiger partial charge in [0.25, 0.3) is 0 Å². The van der Waals surface area contributed by atoms with Crippen LogP contribution in [0.2, 0.25) is 9.36 Å². The number of nitrogen functional groups attached to an aromatic ring is 1. The Bertz CT molecular complexity index is 956. The molecular weight excluding hydrogens is 357 g/mol. The van der Waals surface area contributed by atoms with Gasteiger partial charge in [-0.05, 0) is 77.1 Å². The summed E-state index contributed by atoms with van der Waals surface area (Å²) in [7, 11) is 0. The van der Waals surface area contributed by atoms with Crippen LogP contribution in [0.4, 0.5) is 5.69 Å². The molecule has 4 rings (SSSR count). The minimum atomic E-state index is 0.762. The molecule has 0 saturated carbocycles. The van der Waals surface area contributed by atoms with Crippen molar-refractivity contribution in [2.45, 2.75) is 12.8 Å². The highest BCUT2D eigenvalue weighted by atomic mass is 35.5. The van der Waals surface area contributed by atoms with Crippen molar-refractivity contribution in [3.05, 3.63) is 85.0 Å². The summed E-state index contributed by atoms with van der Waals surface area (Å²) >= 11 is 14.2. The van der Waals surface area contributed by atoms with Gasteiger partial charge in [0.2, 0.25) is 0 Å². The molecule has 0 aliphatic heterocycles. The number of benzene rings is 2. The van der Waals surface area contributed by atoms with Crippen LogP contribution in [-0.4, -0.2) is 0 Å². The first-order valence-corrected chi connectivity index (χ1v) is 9.32. The summed E-state index contributed by atoms with van der Waals surface area (Å²) < 4.78 is 0.830. The fourth-order valence-electron chi connectivity index (χ4n) is 3.21. The van der Waals surface area contributed by atoms with Gasteiger partial charge in [-0.15, -0.1) is 11.3 Å². The third kappa shape index (κ3) is 2.98. The number of anilines is 1. The molecule has 3 aromatic rings. The van der Waals surface area contributed by atoms with Crippen molar-refractivity contribution >= 4 is 51.9 Å². The quantitative estimate of drug-likeness (QED) is 0.497. The Labute approximate surface area is 155 Å². The van der Waals surface area contributed by atoms with E-state index in [0.29, 0.717) is 0 Å². The summed E-state index contributed by atoms with van der Waals surface area (Å²) in [5.41, 5.74) is 12.7. The first kappa shape index (κ1) is 15.8. The lowest BCUT2D eigenvalue weighted by Crippen LogP contribution is -1.92. The summed E-state index contributed by atoms with van der Waals surface area (Å²) in [4.78, 5) is 1.32. The third-order valence-corrected chi connectivity index (χ3v) is 5.83. The first-order valence-electron chi connectivity index (χ1n) is 7.75. The normalized spacial score (nSPS) is 15.0. The zero-order valence-corrected chi connectivity index (χ0v) is 15.2. The Hall–Kier alpha value is -1.74. The van der Waals surface area contributed by atoms with E-state index in [4.69, 9.17) is 28.9 Å². The molecule has 1 heterocycles. The van der Waals surface area contributed by atoms with Crippen LogP contribution in [0.15, 0.2) is 48.5 Å². The molecule has 1 aliphatic rings. The molecule has 1 nitrogen and oxygen atoms in total. The van der Waals surface area contributed by atoms with Gasteiger partial charge in [-0.25, -0.2) is 0 Å². The lowest BCUT2D eigenvalue weighted by molar-refractivity contribution is 0.985. The van der Waals surface area contributed by atoms with Crippen LogP contribution in [-0.2, 0) is 12.8 Å². The fraction of sp³-hybridized carbons (Fsp3) is 0.100. The van der Waals surface area contributed by atoms with Crippen LogP contribution < -0.4 is 5.73 Å². The van der Waals surface area contributed by atoms with Crippen molar-refractivity contribution in [3.8, 4) is 0 Å². The second kappa shape index (κ2) is 6.29. The van der Waals surface area contributed by atoms with Gasteiger partial charge < -0.3 is 5.73 Å². The van der Waals surface area contributed by atoms with E-state index in [1.54, 1.807) is 11.3 Å². The molecule has 0 spiro atoms. The number of hydrogen-bond acceptors (Lipinski definition) is 2. The van der Waals surface area contributed by atoms with Crippen molar-refractivity contribution in [3.63, 3.8) is 0 Å². The molecule has 0 fully saturated rings. The summed E-state index contributed by atoms with van der Waals surface area (Å²) in [6, 6.07) is 16.1. The third-order valence-electron chi connectivity index (χ3n) is 4.27. The van der Waals surface area contributed by atoms with E-state index in [2.05, 4.69) is 30.3 Å². The summed E-state index contributed by atoms with van der Waals surface area (Å²) in [6.07, 6.45) is 4.14. The Morgan fingerprint density at radius 1 is 0.958 bits per heavy atom. The zero-order chi connectivity index (χ0) is 16.7. The molecule has 2 aromatic carbocycles. The van der Waals surface area contributed by atoms with Crippen LogP contribution in [0.25, 0.3) is 11.6 Å². The molecular formula is C20H15Cl2NS. The highest BCUT2D eigenvalue weighted by Gasteiger charge is 2.21. The van der Waals surface area contributed by atoms with E-state index in [1.165, 1.54) is 27.1 Å². The van der Waals surface area contributed by atoms with Crippen LogP contribution in [0, 0.1) is 0 Å².